The molecule has 1 aliphatic carbocycles. The molecule has 0 aliphatic heterocycles. The number of unbranched alkanes of at least 4 members (excludes halogenated alkanes) is 3. The van der Waals surface area contributed by atoms with E-state index in [1.54, 1.807) is 0 Å². The molecule has 2 aromatic carbocycles. The summed E-state index contributed by atoms with van der Waals surface area (Å²) in [5.41, 5.74) is 3.30. The molecule has 2 heteroatoms. The highest BCUT2D eigenvalue weighted by atomic mass is 16.5. The predicted octanol–water partition coefficient (Wildman–Crippen LogP) is 8.10. The molecule has 3 rings (SSSR count). The van der Waals surface area contributed by atoms with Gasteiger partial charge in [-0.05, 0) is 85.8 Å². The van der Waals surface area contributed by atoms with Gasteiger partial charge in [-0.2, -0.15) is 0 Å². The molecule has 1 aliphatic rings. The van der Waals surface area contributed by atoms with Crippen LogP contribution in [0, 0.1) is 5.92 Å². The van der Waals surface area contributed by atoms with Crippen molar-refractivity contribution >= 4 is 5.97 Å². The minimum absolute atomic E-state index is 0.274. The Morgan fingerprint density at radius 3 is 2.13 bits per heavy atom. The van der Waals surface area contributed by atoms with E-state index in [-0.39, 0.29) is 5.97 Å². The second-order valence-corrected chi connectivity index (χ2v) is 8.97. The summed E-state index contributed by atoms with van der Waals surface area (Å²) < 4.78 is 5.58. The fraction of sp³-hybridized carbons (Fsp3) is 0.536. The van der Waals surface area contributed by atoms with E-state index in [1.807, 2.05) is 24.3 Å². The van der Waals surface area contributed by atoms with Gasteiger partial charge < -0.3 is 4.74 Å². The third kappa shape index (κ3) is 6.72. The van der Waals surface area contributed by atoms with Crippen molar-refractivity contribution in [3.63, 3.8) is 0 Å². The van der Waals surface area contributed by atoms with E-state index in [4.69, 9.17) is 4.74 Å². The van der Waals surface area contributed by atoms with Crippen molar-refractivity contribution in [2.24, 2.45) is 5.92 Å². The lowest BCUT2D eigenvalue weighted by Gasteiger charge is -2.28. The monoisotopic (exact) mass is 406 g/mol. The lowest BCUT2D eigenvalue weighted by Crippen LogP contribution is -2.14. The Morgan fingerprint density at radius 1 is 0.833 bits per heavy atom. The van der Waals surface area contributed by atoms with Crippen LogP contribution in [0.1, 0.15) is 105 Å². The number of carbonyl (C=O) groups is 1. The summed E-state index contributed by atoms with van der Waals surface area (Å²) in [6, 6.07) is 16.1. The smallest absolute Gasteiger partial charge is 0.343 e. The van der Waals surface area contributed by atoms with Crippen LogP contribution < -0.4 is 4.74 Å². The maximum Gasteiger partial charge on any atom is 0.343 e. The Balaban J connectivity index is 1.49. The number of ether oxygens (including phenoxy) is 1. The van der Waals surface area contributed by atoms with Gasteiger partial charge in [0, 0.05) is 0 Å². The van der Waals surface area contributed by atoms with E-state index < -0.39 is 0 Å². The fourth-order valence-corrected chi connectivity index (χ4v) is 4.64. The minimum atomic E-state index is -0.274. The van der Waals surface area contributed by atoms with Gasteiger partial charge in [0.15, 0.2) is 0 Å². The maximum absolute atomic E-state index is 12.5. The molecule has 0 unspecified atom stereocenters. The van der Waals surface area contributed by atoms with Gasteiger partial charge in [0.25, 0.3) is 0 Å². The van der Waals surface area contributed by atoms with Gasteiger partial charge >= 0.3 is 5.97 Å². The average Bonchev–Trinajstić information content (AvgIpc) is 2.79. The molecule has 0 atom stereocenters. The molecule has 2 nitrogen and oxygen atoms in total. The van der Waals surface area contributed by atoms with Crippen molar-refractivity contribution in [2.75, 3.05) is 0 Å². The van der Waals surface area contributed by atoms with Crippen LogP contribution in [0.5, 0.6) is 5.75 Å². The molecule has 0 saturated heterocycles. The number of rotatable bonds is 10. The lowest BCUT2D eigenvalue weighted by atomic mass is 9.77. The van der Waals surface area contributed by atoms with Crippen molar-refractivity contribution in [1.29, 1.82) is 0 Å². The van der Waals surface area contributed by atoms with Crippen molar-refractivity contribution in [3.05, 3.63) is 65.2 Å². The number of benzene rings is 2. The summed E-state index contributed by atoms with van der Waals surface area (Å²) >= 11 is 0. The van der Waals surface area contributed by atoms with Crippen molar-refractivity contribution in [1.82, 2.24) is 0 Å². The number of aryl methyl sites for hydroxylation is 1. The Labute approximate surface area is 183 Å². The van der Waals surface area contributed by atoms with Gasteiger partial charge in [0.05, 0.1) is 5.56 Å². The van der Waals surface area contributed by atoms with Crippen LogP contribution in [0.15, 0.2) is 48.5 Å². The Kier molecular flexibility index (Phi) is 8.99. The van der Waals surface area contributed by atoms with E-state index in [1.165, 1.54) is 75.3 Å². The Morgan fingerprint density at radius 2 is 1.50 bits per heavy atom. The van der Waals surface area contributed by atoms with E-state index >= 15 is 0 Å². The molecular weight excluding hydrogens is 368 g/mol. The molecular formula is C28H38O2. The van der Waals surface area contributed by atoms with E-state index in [2.05, 4.69) is 38.1 Å². The van der Waals surface area contributed by atoms with Crippen LogP contribution in [0.2, 0.25) is 0 Å². The van der Waals surface area contributed by atoms with E-state index in [0.29, 0.717) is 17.2 Å². The number of hydrogen-bond donors (Lipinski definition) is 0. The number of esters is 1. The van der Waals surface area contributed by atoms with E-state index in [0.717, 1.165) is 12.3 Å². The average molecular weight is 407 g/mol. The highest BCUT2D eigenvalue weighted by Gasteiger charge is 2.22. The van der Waals surface area contributed by atoms with Gasteiger partial charge in [0.1, 0.15) is 5.75 Å². The molecule has 0 radical (unpaired) electrons. The quantitative estimate of drug-likeness (QED) is 0.226. The Hall–Kier alpha value is -2.09. The first-order valence-electron chi connectivity index (χ1n) is 12.1. The van der Waals surface area contributed by atoms with E-state index in [9.17, 15) is 4.79 Å². The number of carbonyl (C=O) groups excluding carboxylic acids is 1. The first-order chi connectivity index (χ1) is 14.7. The lowest BCUT2D eigenvalue weighted by molar-refractivity contribution is 0.0734. The zero-order valence-electron chi connectivity index (χ0n) is 18.9. The standard InChI is InChI=1S/C28H38O2/c1-3-5-7-9-23-12-20-27(21-13-23)30-28(29)26-18-16-25(17-19-26)24-14-10-22(11-15-24)8-6-4-2/h12-13,16-22,24H,3-11,14-15H2,1-2H3. The molecule has 0 amide bonds. The molecule has 0 bridgehead atoms. The zero-order chi connectivity index (χ0) is 21.2. The maximum atomic E-state index is 12.5. The van der Waals surface area contributed by atoms with Gasteiger partial charge in [0.2, 0.25) is 0 Å². The second kappa shape index (κ2) is 11.9. The molecule has 1 fully saturated rings. The molecule has 2 aromatic rings. The largest absolute Gasteiger partial charge is 0.423 e. The summed E-state index contributed by atoms with van der Waals surface area (Å²) in [5, 5.41) is 0. The molecule has 0 aromatic heterocycles. The SMILES string of the molecule is CCCCCc1ccc(OC(=O)c2ccc(C3CCC(CCCC)CC3)cc2)cc1. The second-order valence-electron chi connectivity index (χ2n) is 8.97. The summed E-state index contributed by atoms with van der Waals surface area (Å²) in [5.74, 6) is 1.92. The van der Waals surface area contributed by atoms with Gasteiger partial charge in [-0.1, -0.05) is 70.2 Å². The molecule has 30 heavy (non-hydrogen) atoms. The first-order valence-corrected chi connectivity index (χ1v) is 12.1. The molecule has 1 saturated carbocycles. The normalized spacial score (nSPS) is 18.9. The highest BCUT2D eigenvalue weighted by molar-refractivity contribution is 5.91. The van der Waals surface area contributed by atoms with Gasteiger partial charge in [-0.3, -0.25) is 0 Å². The summed E-state index contributed by atoms with van der Waals surface area (Å²) in [6.07, 6.45) is 14.1. The predicted molar refractivity (Wildman–Crippen MR) is 125 cm³/mol. The number of hydrogen-bond acceptors (Lipinski definition) is 2. The molecule has 0 heterocycles. The molecule has 162 valence electrons. The molecule has 0 spiro atoms. The van der Waals surface area contributed by atoms with Crippen molar-refractivity contribution in [3.8, 4) is 5.75 Å². The summed E-state index contributed by atoms with van der Waals surface area (Å²) in [6.45, 7) is 4.50. The van der Waals surface area contributed by atoms with Crippen LogP contribution in [0.3, 0.4) is 0 Å². The third-order valence-corrected chi connectivity index (χ3v) is 6.63. The van der Waals surface area contributed by atoms with Crippen LogP contribution >= 0.6 is 0 Å². The third-order valence-electron chi connectivity index (χ3n) is 6.63. The molecule has 0 N–H and O–H groups in total. The summed E-state index contributed by atoms with van der Waals surface area (Å²) in [7, 11) is 0. The Bertz CT molecular complexity index is 752. The highest BCUT2D eigenvalue weighted by Crippen LogP contribution is 2.37. The fourth-order valence-electron chi connectivity index (χ4n) is 4.64. The minimum Gasteiger partial charge on any atom is -0.423 e. The van der Waals surface area contributed by atoms with Crippen molar-refractivity contribution in [2.45, 2.75) is 90.4 Å². The van der Waals surface area contributed by atoms with Gasteiger partial charge in [-0.15, -0.1) is 0 Å². The van der Waals surface area contributed by atoms with Crippen LogP contribution in [-0.2, 0) is 6.42 Å². The van der Waals surface area contributed by atoms with Crippen LogP contribution in [0.4, 0.5) is 0 Å². The van der Waals surface area contributed by atoms with Crippen molar-refractivity contribution < 1.29 is 9.53 Å². The first kappa shape index (κ1) is 22.6. The summed E-state index contributed by atoms with van der Waals surface area (Å²) in [4.78, 5) is 12.5. The van der Waals surface area contributed by atoms with Crippen LogP contribution in [-0.4, -0.2) is 5.97 Å². The van der Waals surface area contributed by atoms with Crippen LogP contribution in [0.25, 0.3) is 0 Å². The topological polar surface area (TPSA) is 26.3 Å². The van der Waals surface area contributed by atoms with Gasteiger partial charge in [-0.25, -0.2) is 4.79 Å². The zero-order valence-corrected chi connectivity index (χ0v) is 18.9.